The van der Waals surface area contributed by atoms with Crippen molar-refractivity contribution >= 4 is 28.2 Å². The van der Waals surface area contributed by atoms with Crippen LogP contribution >= 0.6 is 0 Å². The van der Waals surface area contributed by atoms with Gasteiger partial charge >= 0.3 is 0 Å². The fraction of sp³-hybridized carbons (Fsp3) is 0.250. The number of carbonyl (C=O) groups excluding carboxylic acids is 2. The lowest BCUT2D eigenvalue weighted by molar-refractivity contribution is -0.117. The van der Waals surface area contributed by atoms with E-state index in [0.29, 0.717) is 28.5 Å². The average molecular weight is 436 g/mol. The van der Waals surface area contributed by atoms with E-state index < -0.39 is 11.8 Å². The molecule has 0 saturated carbocycles. The maximum absolute atomic E-state index is 13.1. The third-order valence-corrected chi connectivity index (χ3v) is 5.00. The standard InChI is InChI=1S/C24H25FN4O3/c1-3-4-7-14-29-24(32)20-9-6-5-8-19(20)22(28-29)23(31)27-26-21(30)15-16(2)17-10-12-18(25)13-11-17/h5-6,8-13,15H,3-4,7,14H2,1-2H3,(H,26,30)(H,27,31)/b16-15-. The van der Waals surface area contributed by atoms with Crippen LogP contribution in [0.25, 0.3) is 16.3 Å². The van der Waals surface area contributed by atoms with Crippen molar-refractivity contribution < 1.29 is 14.0 Å². The summed E-state index contributed by atoms with van der Waals surface area (Å²) in [5.41, 5.74) is 5.76. The van der Waals surface area contributed by atoms with Crippen molar-refractivity contribution in [1.82, 2.24) is 20.6 Å². The predicted molar refractivity (Wildman–Crippen MR) is 121 cm³/mol. The van der Waals surface area contributed by atoms with E-state index in [1.807, 2.05) is 0 Å². The van der Waals surface area contributed by atoms with Gasteiger partial charge in [0, 0.05) is 18.0 Å². The van der Waals surface area contributed by atoms with Crippen molar-refractivity contribution in [3.63, 3.8) is 0 Å². The summed E-state index contributed by atoms with van der Waals surface area (Å²) in [7, 11) is 0. The number of carbonyl (C=O) groups is 2. The fourth-order valence-corrected chi connectivity index (χ4v) is 3.27. The first-order valence-corrected chi connectivity index (χ1v) is 10.4. The first-order valence-electron chi connectivity index (χ1n) is 10.4. The number of hydrogen-bond donors (Lipinski definition) is 2. The summed E-state index contributed by atoms with van der Waals surface area (Å²) in [6.07, 6.45) is 4.00. The van der Waals surface area contributed by atoms with Crippen LogP contribution in [-0.4, -0.2) is 21.6 Å². The average Bonchev–Trinajstić information content (AvgIpc) is 2.79. The predicted octanol–water partition coefficient (Wildman–Crippen LogP) is 3.59. The number of rotatable bonds is 7. The minimum atomic E-state index is -0.633. The lowest BCUT2D eigenvalue weighted by atomic mass is 10.1. The number of aryl methyl sites for hydroxylation is 1. The molecule has 0 atom stereocenters. The second-order valence-electron chi connectivity index (χ2n) is 7.41. The van der Waals surface area contributed by atoms with Gasteiger partial charge in [-0.15, -0.1) is 0 Å². The van der Waals surface area contributed by atoms with E-state index in [1.54, 1.807) is 43.3 Å². The zero-order valence-corrected chi connectivity index (χ0v) is 18.0. The molecule has 0 aliphatic rings. The number of nitrogens with zero attached hydrogens (tertiary/aromatic N) is 2. The van der Waals surface area contributed by atoms with E-state index in [2.05, 4.69) is 22.9 Å². The van der Waals surface area contributed by atoms with Gasteiger partial charge in [-0.05, 0) is 42.7 Å². The van der Waals surface area contributed by atoms with Crippen LogP contribution in [0, 0.1) is 5.82 Å². The van der Waals surface area contributed by atoms with Gasteiger partial charge in [0.2, 0.25) is 0 Å². The minimum Gasteiger partial charge on any atom is -0.268 e. The van der Waals surface area contributed by atoms with Crippen molar-refractivity contribution in [2.75, 3.05) is 0 Å². The van der Waals surface area contributed by atoms with Gasteiger partial charge in [0.1, 0.15) is 5.82 Å². The molecular formula is C24H25FN4O3. The van der Waals surface area contributed by atoms with Gasteiger partial charge in [-0.25, -0.2) is 9.07 Å². The van der Waals surface area contributed by atoms with Crippen LogP contribution in [0.3, 0.4) is 0 Å². The summed E-state index contributed by atoms with van der Waals surface area (Å²) < 4.78 is 14.4. The fourth-order valence-electron chi connectivity index (χ4n) is 3.27. The molecule has 0 radical (unpaired) electrons. The maximum atomic E-state index is 13.1. The van der Waals surface area contributed by atoms with E-state index in [9.17, 15) is 18.8 Å². The molecule has 0 spiro atoms. The number of nitrogens with one attached hydrogen (secondary N) is 2. The smallest absolute Gasteiger partial charge is 0.268 e. The van der Waals surface area contributed by atoms with E-state index in [0.717, 1.165) is 19.3 Å². The summed E-state index contributed by atoms with van der Waals surface area (Å²) in [6, 6.07) is 12.5. The second-order valence-corrected chi connectivity index (χ2v) is 7.41. The molecule has 2 amide bonds. The summed E-state index contributed by atoms with van der Waals surface area (Å²) in [4.78, 5) is 37.7. The number of allylic oxidation sites excluding steroid dienone is 1. The summed E-state index contributed by atoms with van der Waals surface area (Å²) in [5.74, 6) is -1.55. The van der Waals surface area contributed by atoms with Crippen molar-refractivity contribution in [3.8, 4) is 0 Å². The Hall–Kier alpha value is -3.81. The zero-order chi connectivity index (χ0) is 23.1. The first kappa shape index (κ1) is 22.9. The van der Waals surface area contributed by atoms with E-state index >= 15 is 0 Å². The van der Waals surface area contributed by atoms with Crippen LogP contribution in [0.2, 0.25) is 0 Å². The highest BCUT2D eigenvalue weighted by Crippen LogP contribution is 2.15. The van der Waals surface area contributed by atoms with Gasteiger partial charge in [-0.1, -0.05) is 50.1 Å². The Kier molecular flexibility index (Phi) is 7.49. The van der Waals surface area contributed by atoms with E-state index in [4.69, 9.17) is 0 Å². The monoisotopic (exact) mass is 436 g/mol. The van der Waals surface area contributed by atoms with Gasteiger partial charge in [-0.3, -0.25) is 25.2 Å². The summed E-state index contributed by atoms with van der Waals surface area (Å²) >= 11 is 0. The number of halogens is 1. The summed E-state index contributed by atoms with van der Waals surface area (Å²) in [6.45, 7) is 4.17. The van der Waals surface area contributed by atoms with Crippen molar-refractivity contribution in [3.05, 3.63) is 82.0 Å². The van der Waals surface area contributed by atoms with E-state index in [-0.39, 0.29) is 17.1 Å². The summed E-state index contributed by atoms with van der Waals surface area (Å²) in [5, 5.41) is 5.06. The number of aromatic nitrogens is 2. The van der Waals surface area contributed by atoms with Crippen LogP contribution in [-0.2, 0) is 11.3 Å². The first-order chi connectivity index (χ1) is 15.4. The Morgan fingerprint density at radius 3 is 2.41 bits per heavy atom. The number of amides is 2. The highest BCUT2D eigenvalue weighted by atomic mass is 19.1. The molecule has 0 fully saturated rings. The Balaban J connectivity index is 1.78. The Bertz CT molecular complexity index is 1220. The Morgan fingerprint density at radius 2 is 1.72 bits per heavy atom. The third kappa shape index (κ3) is 5.46. The topological polar surface area (TPSA) is 93.1 Å². The van der Waals surface area contributed by atoms with Gasteiger partial charge < -0.3 is 0 Å². The molecule has 0 unspecified atom stereocenters. The molecule has 2 aromatic carbocycles. The molecule has 0 aliphatic heterocycles. The number of unbranched alkanes of at least 4 members (excludes halogenated alkanes) is 2. The van der Waals surface area contributed by atoms with Gasteiger partial charge in [0.05, 0.1) is 5.39 Å². The Morgan fingerprint density at radius 1 is 1.03 bits per heavy atom. The second kappa shape index (κ2) is 10.5. The number of hydrazine groups is 1. The van der Waals surface area contributed by atoms with Crippen molar-refractivity contribution in [1.29, 1.82) is 0 Å². The van der Waals surface area contributed by atoms with Gasteiger partial charge in [0.25, 0.3) is 17.4 Å². The van der Waals surface area contributed by atoms with Crippen LogP contribution in [0.1, 0.15) is 49.2 Å². The maximum Gasteiger partial charge on any atom is 0.290 e. The van der Waals surface area contributed by atoms with Gasteiger partial charge in [0.15, 0.2) is 5.69 Å². The van der Waals surface area contributed by atoms with Gasteiger partial charge in [-0.2, -0.15) is 5.10 Å². The highest BCUT2D eigenvalue weighted by Gasteiger charge is 2.17. The van der Waals surface area contributed by atoms with Crippen molar-refractivity contribution in [2.24, 2.45) is 0 Å². The molecule has 3 aromatic rings. The molecule has 32 heavy (non-hydrogen) atoms. The molecule has 2 N–H and O–H groups in total. The normalized spacial score (nSPS) is 11.4. The molecule has 166 valence electrons. The van der Waals surface area contributed by atoms with Crippen LogP contribution in [0.4, 0.5) is 4.39 Å². The number of benzene rings is 2. The molecule has 8 heteroatoms. The zero-order valence-electron chi connectivity index (χ0n) is 18.0. The third-order valence-electron chi connectivity index (χ3n) is 5.00. The molecule has 0 saturated heterocycles. The molecule has 0 bridgehead atoms. The highest BCUT2D eigenvalue weighted by molar-refractivity contribution is 6.05. The molecule has 1 aromatic heterocycles. The van der Waals surface area contributed by atoms with Crippen LogP contribution < -0.4 is 16.4 Å². The SMILES string of the molecule is CCCCCn1nc(C(=O)NNC(=O)/C=C(/C)c2ccc(F)cc2)c2ccccc2c1=O. The Labute approximate surface area is 184 Å². The molecule has 1 heterocycles. The lowest BCUT2D eigenvalue weighted by Crippen LogP contribution is -2.42. The van der Waals surface area contributed by atoms with E-state index in [1.165, 1.54) is 22.9 Å². The van der Waals surface area contributed by atoms with Crippen molar-refractivity contribution in [2.45, 2.75) is 39.7 Å². The molecule has 7 nitrogen and oxygen atoms in total. The quantitative estimate of drug-likeness (QED) is 0.336. The van der Waals surface area contributed by atoms with Crippen LogP contribution in [0.5, 0.6) is 0 Å². The molecular weight excluding hydrogens is 411 g/mol. The minimum absolute atomic E-state index is 0.0521. The lowest BCUT2D eigenvalue weighted by Gasteiger charge is -2.11. The van der Waals surface area contributed by atoms with Crippen LogP contribution in [0.15, 0.2) is 59.4 Å². The molecule has 3 rings (SSSR count). The number of fused-ring (bicyclic) bond motifs is 1. The molecule has 0 aliphatic carbocycles. The largest absolute Gasteiger partial charge is 0.290 e. The number of hydrogen-bond acceptors (Lipinski definition) is 4.